The first-order valence-corrected chi connectivity index (χ1v) is 9.95. The molecule has 1 fully saturated rings. The van der Waals surface area contributed by atoms with Crippen LogP contribution in [0.4, 0.5) is 0 Å². The molecule has 7 heteroatoms. The predicted molar refractivity (Wildman–Crippen MR) is 112 cm³/mol. The highest BCUT2D eigenvalue weighted by molar-refractivity contribution is 6.34. The van der Waals surface area contributed by atoms with E-state index in [2.05, 4.69) is 0 Å². The van der Waals surface area contributed by atoms with E-state index < -0.39 is 12.2 Å². The van der Waals surface area contributed by atoms with Gasteiger partial charge in [-0.15, -0.1) is 0 Å². The lowest BCUT2D eigenvalue weighted by atomic mass is 10.0. The minimum Gasteiger partial charge on any atom is -0.489 e. The molecule has 3 rings (SSSR count). The van der Waals surface area contributed by atoms with Crippen molar-refractivity contribution in [3.8, 4) is 5.75 Å². The molecule has 1 aliphatic heterocycles. The fraction of sp³-hybridized carbons (Fsp3) is 0.429. The molecule has 156 valence electrons. The van der Waals surface area contributed by atoms with Gasteiger partial charge in [0.25, 0.3) is 0 Å². The number of aliphatic hydroxyl groups excluding tert-OH is 3. The summed E-state index contributed by atoms with van der Waals surface area (Å²) < 4.78 is 10.5. The highest BCUT2D eigenvalue weighted by Crippen LogP contribution is 2.20. The summed E-state index contributed by atoms with van der Waals surface area (Å²) in [6.07, 6.45) is -1.52. The molecule has 1 aliphatic rings. The van der Waals surface area contributed by atoms with Crippen LogP contribution in [0.5, 0.6) is 5.75 Å². The zero-order valence-corrected chi connectivity index (χ0v) is 17.6. The molecular weight excluding hydrogens is 403 g/mol. The second-order valence-electron chi connectivity index (χ2n) is 5.89. The summed E-state index contributed by atoms with van der Waals surface area (Å²) in [6, 6.07) is 15.0. The second kappa shape index (κ2) is 13.8. The smallest absolute Gasteiger partial charge is 0.119 e. The van der Waals surface area contributed by atoms with Crippen molar-refractivity contribution in [2.45, 2.75) is 45.2 Å². The molecule has 2 aromatic rings. The van der Waals surface area contributed by atoms with Crippen LogP contribution in [-0.4, -0.2) is 46.8 Å². The first kappa shape index (κ1) is 24.7. The highest BCUT2D eigenvalue weighted by Gasteiger charge is 2.27. The number of rotatable bonds is 4. The van der Waals surface area contributed by atoms with E-state index >= 15 is 0 Å². The van der Waals surface area contributed by atoms with Crippen LogP contribution in [0.25, 0.3) is 0 Å². The highest BCUT2D eigenvalue weighted by atomic mass is 35.5. The SMILES string of the molecule is CC.Clc1cc(Cl)cc(COc2ccccc2)c1.OCC1CC(O)C(O)CO1. The molecule has 3 N–H and O–H groups in total. The number of para-hydroxylation sites is 1. The molecule has 1 saturated heterocycles. The van der Waals surface area contributed by atoms with Gasteiger partial charge in [0.1, 0.15) is 18.5 Å². The van der Waals surface area contributed by atoms with Crippen molar-refractivity contribution in [1.82, 2.24) is 0 Å². The van der Waals surface area contributed by atoms with Crippen LogP contribution in [0, 0.1) is 0 Å². The normalized spacial score (nSPS) is 20.9. The summed E-state index contributed by atoms with van der Waals surface area (Å²) in [7, 11) is 0. The van der Waals surface area contributed by atoms with Gasteiger partial charge in [-0.2, -0.15) is 0 Å². The number of halogens is 2. The Hall–Kier alpha value is -1.34. The quantitative estimate of drug-likeness (QED) is 0.680. The van der Waals surface area contributed by atoms with E-state index in [0.29, 0.717) is 23.1 Å². The molecule has 28 heavy (non-hydrogen) atoms. The van der Waals surface area contributed by atoms with Gasteiger partial charge in [-0.3, -0.25) is 0 Å². The summed E-state index contributed by atoms with van der Waals surface area (Å²) in [5.74, 6) is 0.832. The minimum absolute atomic E-state index is 0.0935. The summed E-state index contributed by atoms with van der Waals surface area (Å²) in [6.45, 7) is 4.49. The molecule has 3 atom stereocenters. The van der Waals surface area contributed by atoms with Crippen LogP contribution in [0.3, 0.4) is 0 Å². The Balaban J connectivity index is 0.000000281. The van der Waals surface area contributed by atoms with Gasteiger partial charge in [-0.05, 0) is 35.9 Å². The van der Waals surface area contributed by atoms with Crippen molar-refractivity contribution in [3.63, 3.8) is 0 Å². The van der Waals surface area contributed by atoms with Crippen LogP contribution in [0.2, 0.25) is 10.0 Å². The third-order valence-corrected chi connectivity index (χ3v) is 4.16. The number of ether oxygens (including phenoxy) is 2. The molecule has 2 aromatic carbocycles. The van der Waals surface area contributed by atoms with Gasteiger partial charge in [0.05, 0.1) is 25.4 Å². The van der Waals surface area contributed by atoms with E-state index in [1.54, 1.807) is 6.07 Å². The molecule has 0 radical (unpaired) electrons. The molecule has 0 aliphatic carbocycles. The van der Waals surface area contributed by atoms with E-state index in [1.807, 2.05) is 56.3 Å². The van der Waals surface area contributed by atoms with Gasteiger partial charge < -0.3 is 24.8 Å². The number of aliphatic hydroxyl groups is 3. The monoisotopic (exact) mass is 430 g/mol. The van der Waals surface area contributed by atoms with Gasteiger partial charge >= 0.3 is 0 Å². The first-order valence-electron chi connectivity index (χ1n) is 9.19. The van der Waals surface area contributed by atoms with E-state index in [4.69, 9.17) is 48.0 Å². The van der Waals surface area contributed by atoms with E-state index in [-0.39, 0.29) is 19.3 Å². The van der Waals surface area contributed by atoms with Gasteiger partial charge in [0, 0.05) is 16.5 Å². The summed E-state index contributed by atoms with van der Waals surface area (Å²) in [4.78, 5) is 0. The molecular formula is C21H28Cl2O5. The molecule has 0 bridgehead atoms. The molecule has 0 aromatic heterocycles. The summed E-state index contributed by atoms with van der Waals surface area (Å²) >= 11 is 11.8. The molecule has 5 nitrogen and oxygen atoms in total. The Morgan fingerprint density at radius 1 is 1.00 bits per heavy atom. The zero-order valence-electron chi connectivity index (χ0n) is 16.1. The maximum absolute atomic E-state index is 9.04. The maximum Gasteiger partial charge on any atom is 0.119 e. The largest absolute Gasteiger partial charge is 0.489 e. The van der Waals surface area contributed by atoms with Crippen molar-refractivity contribution in [2.75, 3.05) is 13.2 Å². The fourth-order valence-corrected chi connectivity index (χ4v) is 2.92. The second-order valence-corrected chi connectivity index (χ2v) is 6.76. The fourth-order valence-electron chi connectivity index (χ4n) is 2.35. The van der Waals surface area contributed by atoms with Crippen LogP contribution < -0.4 is 4.74 Å². The standard InChI is InChI=1S/C13H10Cl2O.C6H12O4.C2H6/c14-11-6-10(7-12(15)8-11)9-16-13-4-2-1-3-5-13;7-2-4-1-5(8)6(9)3-10-4;1-2/h1-8H,9H2;4-9H,1-3H2;1-2H3. The Labute approximate surface area is 176 Å². The van der Waals surface area contributed by atoms with Crippen molar-refractivity contribution >= 4 is 23.2 Å². The number of benzene rings is 2. The third kappa shape index (κ3) is 9.24. The average molecular weight is 431 g/mol. The van der Waals surface area contributed by atoms with E-state index in [0.717, 1.165) is 11.3 Å². The lowest BCUT2D eigenvalue weighted by Gasteiger charge is -2.29. The average Bonchev–Trinajstić information content (AvgIpc) is 2.71. The van der Waals surface area contributed by atoms with Crippen LogP contribution >= 0.6 is 23.2 Å². The Bertz CT molecular complexity index is 649. The van der Waals surface area contributed by atoms with Crippen LogP contribution in [0.1, 0.15) is 25.8 Å². The van der Waals surface area contributed by atoms with Gasteiger partial charge in [0.15, 0.2) is 0 Å². The molecule has 0 saturated carbocycles. The van der Waals surface area contributed by atoms with Gasteiger partial charge in [0.2, 0.25) is 0 Å². The Morgan fingerprint density at radius 2 is 1.61 bits per heavy atom. The van der Waals surface area contributed by atoms with Crippen molar-refractivity contribution < 1.29 is 24.8 Å². The van der Waals surface area contributed by atoms with Gasteiger partial charge in [-0.25, -0.2) is 0 Å². The Morgan fingerprint density at radius 3 is 2.14 bits per heavy atom. The molecule has 0 amide bonds. The topological polar surface area (TPSA) is 79.2 Å². The van der Waals surface area contributed by atoms with Gasteiger partial charge in [-0.1, -0.05) is 55.2 Å². The van der Waals surface area contributed by atoms with E-state index in [9.17, 15) is 0 Å². The summed E-state index contributed by atoms with van der Waals surface area (Å²) in [5, 5.41) is 27.8. The lowest BCUT2D eigenvalue weighted by Crippen LogP contribution is -2.42. The van der Waals surface area contributed by atoms with Crippen LogP contribution in [0.15, 0.2) is 48.5 Å². The summed E-state index contributed by atoms with van der Waals surface area (Å²) in [5.41, 5.74) is 0.960. The molecule has 1 heterocycles. The Kier molecular flexibility index (Phi) is 12.1. The number of hydrogen-bond donors (Lipinski definition) is 3. The third-order valence-electron chi connectivity index (χ3n) is 3.73. The molecule has 3 unspecified atom stereocenters. The van der Waals surface area contributed by atoms with Crippen LogP contribution in [-0.2, 0) is 11.3 Å². The van der Waals surface area contributed by atoms with Crippen molar-refractivity contribution in [2.24, 2.45) is 0 Å². The predicted octanol–water partition coefficient (Wildman–Crippen LogP) is 4.09. The van der Waals surface area contributed by atoms with Crippen molar-refractivity contribution in [1.29, 1.82) is 0 Å². The molecule has 0 spiro atoms. The lowest BCUT2D eigenvalue weighted by molar-refractivity contribution is -0.131. The minimum atomic E-state index is -0.789. The van der Waals surface area contributed by atoms with E-state index in [1.165, 1.54) is 0 Å². The number of hydrogen-bond acceptors (Lipinski definition) is 5. The van der Waals surface area contributed by atoms with Crippen molar-refractivity contribution in [3.05, 3.63) is 64.1 Å². The maximum atomic E-state index is 9.04. The first-order chi connectivity index (χ1) is 13.5. The zero-order chi connectivity index (χ0) is 20.9.